The van der Waals surface area contributed by atoms with Crippen molar-refractivity contribution in [2.45, 2.75) is 44.4 Å². The first-order valence-electron chi connectivity index (χ1n) is 11.4. The number of benzene rings is 2. The van der Waals surface area contributed by atoms with Crippen LogP contribution in [-0.2, 0) is 16.8 Å². The molecule has 6 rings (SSSR count). The average molecular weight is 473 g/mol. The molecule has 2 unspecified atom stereocenters. The van der Waals surface area contributed by atoms with E-state index in [9.17, 15) is 14.7 Å². The molecule has 0 spiro atoms. The highest BCUT2D eigenvalue weighted by atomic mass is 32.1. The minimum atomic E-state index is -2.07. The van der Waals surface area contributed by atoms with Crippen molar-refractivity contribution in [3.63, 3.8) is 0 Å². The molecule has 2 heterocycles. The summed E-state index contributed by atoms with van der Waals surface area (Å²) in [5.74, 6) is -2.54. The topological polar surface area (TPSA) is 102 Å². The van der Waals surface area contributed by atoms with E-state index in [2.05, 4.69) is 5.32 Å². The predicted molar refractivity (Wildman–Crippen MR) is 131 cm³/mol. The normalized spacial score (nSPS) is 25.0. The van der Waals surface area contributed by atoms with E-state index in [-0.39, 0.29) is 5.57 Å². The molecule has 0 bridgehead atoms. The second kappa shape index (κ2) is 7.04. The molecule has 1 amide bonds. The molecule has 2 aliphatic carbocycles. The van der Waals surface area contributed by atoms with Crippen LogP contribution in [0.3, 0.4) is 0 Å². The number of Topliss-reactive ketones (excluding diaryl/α,β-unsaturated/α-hetero) is 1. The van der Waals surface area contributed by atoms with Crippen molar-refractivity contribution in [1.82, 2.24) is 5.32 Å². The van der Waals surface area contributed by atoms with Crippen molar-refractivity contribution in [2.24, 2.45) is 5.73 Å². The molecule has 0 saturated heterocycles. The van der Waals surface area contributed by atoms with Crippen LogP contribution >= 0.6 is 11.3 Å². The molecule has 1 fully saturated rings. The van der Waals surface area contributed by atoms with Gasteiger partial charge >= 0.3 is 0 Å². The van der Waals surface area contributed by atoms with Crippen molar-refractivity contribution in [3.8, 4) is 5.75 Å². The average Bonchev–Trinajstić information content (AvgIpc) is 3.36. The molecular formula is C27H24N2O4S. The Hall–Kier alpha value is -3.42. The molecule has 1 saturated carbocycles. The predicted octanol–water partition coefficient (Wildman–Crippen LogP) is 3.99. The number of amides is 1. The van der Waals surface area contributed by atoms with Gasteiger partial charge in [0.15, 0.2) is 0 Å². The maximum Gasteiger partial charge on any atom is 0.270 e. The quantitative estimate of drug-likeness (QED) is 0.535. The van der Waals surface area contributed by atoms with Crippen molar-refractivity contribution in [1.29, 1.82) is 0 Å². The molecule has 1 aromatic heterocycles. The van der Waals surface area contributed by atoms with E-state index >= 15 is 0 Å². The van der Waals surface area contributed by atoms with Gasteiger partial charge < -0.3 is 20.9 Å². The maximum atomic E-state index is 14.1. The van der Waals surface area contributed by atoms with Crippen LogP contribution in [0.25, 0.3) is 10.1 Å². The lowest BCUT2D eigenvalue weighted by Gasteiger charge is -2.34. The number of hydrogen-bond acceptors (Lipinski definition) is 6. The summed E-state index contributed by atoms with van der Waals surface area (Å²) in [5.41, 5.74) is 7.72. The van der Waals surface area contributed by atoms with Crippen LogP contribution < -0.4 is 15.8 Å². The molecule has 172 valence electrons. The summed E-state index contributed by atoms with van der Waals surface area (Å²) >= 11 is 1.36. The molecule has 3 aliphatic rings. The number of allylic oxidation sites excluding steroid dienone is 2. The largest absolute Gasteiger partial charge is 0.454 e. The number of nitrogens with two attached hydrogens (primary N) is 1. The Morgan fingerprint density at radius 2 is 2.06 bits per heavy atom. The van der Waals surface area contributed by atoms with Gasteiger partial charge in [-0.15, -0.1) is 11.3 Å². The van der Waals surface area contributed by atoms with Gasteiger partial charge in [-0.05, 0) is 54.8 Å². The minimum absolute atomic E-state index is 0.257. The van der Waals surface area contributed by atoms with Crippen LogP contribution in [0.1, 0.15) is 46.1 Å². The van der Waals surface area contributed by atoms with Gasteiger partial charge in [0.25, 0.3) is 11.7 Å². The molecule has 7 heteroatoms. The summed E-state index contributed by atoms with van der Waals surface area (Å²) in [6.45, 7) is 3.91. The van der Waals surface area contributed by atoms with Gasteiger partial charge in [0.2, 0.25) is 11.3 Å². The van der Waals surface area contributed by atoms with Gasteiger partial charge in [0.1, 0.15) is 5.75 Å². The number of rotatable bonds is 3. The van der Waals surface area contributed by atoms with E-state index in [4.69, 9.17) is 10.5 Å². The summed E-state index contributed by atoms with van der Waals surface area (Å²) in [6, 6.07) is 13.3. The second-order valence-corrected chi connectivity index (χ2v) is 10.1. The molecule has 3 aromatic rings. The Bertz CT molecular complexity index is 1480. The Morgan fingerprint density at radius 3 is 2.82 bits per heavy atom. The number of nitrogens with one attached hydrogen (secondary N) is 1. The smallest absolute Gasteiger partial charge is 0.270 e. The molecular weight excluding hydrogens is 448 g/mol. The lowest BCUT2D eigenvalue weighted by atomic mass is 9.83. The third-order valence-electron chi connectivity index (χ3n) is 7.26. The van der Waals surface area contributed by atoms with Gasteiger partial charge in [-0.1, -0.05) is 43.3 Å². The highest BCUT2D eigenvalue weighted by Gasteiger charge is 2.74. The minimum Gasteiger partial charge on any atom is -0.454 e. The fraction of sp³-hybridized carbons (Fsp3) is 0.259. The summed E-state index contributed by atoms with van der Waals surface area (Å²) in [4.78, 5) is 28.3. The summed E-state index contributed by atoms with van der Waals surface area (Å²) < 4.78 is 7.12. The standard InChI is InChI=1S/C27H24N2O4S/c1-3-15-11-12-17-20(13-15)33-27(32)18-8-6-9-19(28)22(18)24(30)26(17,27)29-25(31)23-14(2)16-7-4-5-10-21(16)34-23/h4-5,7-8,10-13,32H,3,6,9,28H2,1-2H3,(H,29,31). The van der Waals surface area contributed by atoms with Gasteiger partial charge in [0.05, 0.1) is 4.88 Å². The number of aryl methyl sites for hydroxylation is 2. The first-order valence-corrected chi connectivity index (χ1v) is 12.2. The molecule has 34 heavy (non-hydrogen) atoms. The lowest BCUT2D eigenvalue weighted by molar-refractivity contribution is -0.152. The van der Waals surface area contributed by atoms with Crippen LogP contribution in [0.5, 0.6) is 5.75 Å². The monoisotopic (exact) mass is 472 g/mol. The number of aliphatic hydroxyl groups is 1. The van der Waals surface area contributed by atoms with E-state index in [0.717, 1.165) is 27.6 Å². The molecule has 1 aliphatic heterocycles. The number of carbonyl (C=O) groups is 2. The van der Waals surface area contributed by atoms with E-state index in [0.29, 0.717) is 40.3 Å². The zero-order valence-electron chi connectivity index (χ0n) is 18.9. The third-order valence-corrected chi connectivity index (χ3v) is 8.53. The maximum absolute atomic E-state index is 14.1. The number of carbonyl (C=O) groups excluding carboxylic acids is 2. The van der Waals surface area contributed by atoms with Gasteiger partial charge in [-0.25, -0.2) is 0 Å². The Labute approximate surface area is 200 Å². The molecule has 6 nitrogen and oxygen atoms in total. The van der Waals surface area contributed by atoms with Gasteiger partial charge in [0, 0.05) is 27.1 Å². The summed E-state index contributed by atoms with van der Waals surface area (Å²) in [5, 5.41) is 16.0. The zero-order chi connectivity index (χ0) is 23.8. The number of thiophene rings is 1. The number of hydrogen-bond donors (Lipinski definition) is 3. The van der Waals surface area contributed by atoms with Crippen molar-refractivity contribution < 1.29 is 19.4 Å². The molecule has 2 atom stereocenters. The Morgan fingerprint density at radius 1 is 1.26 bits per heavy atom. The molecule has 4 N–H and O–H groups in total. The van der Waals surface area contributed by atoms with E-state index < -0.39 is 23.0 Å². The van der Waals surface area contributed by atoms with Crippen LogP contribution in [0.2, 0.25) is 0 Å². The fourth-order valence-corrected chi connectivity index (χ4v) is 6.60. The molecule has 2 aromatic carbocycles. The van der Waals surface area contributed by atoms with Crippen molar-refractivity contribution in [2.75, 3.05) is 0 Å². The fourth-order valence-electron chi connectivity index (χ4n) is 5.49. The SMILES string of the molecule is CCc1ccc2c(c1)OC1(O)C3=CCCC(N)=C3C(=O)C21NC(=O)c1sc2ccccc2c1C. The van der Waals surface area contributed by atoms with Crippen LogP contribution in [0.15, 0.2) is 65.4 Å². The summed E-state index contributed by atoms with van der Waals surface area (Å²) in [7, 11) is 0. The lowest BCUT2D eigenvalue weighted by Crippen LogP contribution is -2.61. The van der Waals surface area contributed by atoms with Crippen molar-refractivity contribution >= 4 is 33.1 Å². The molecule has 0 radical (unpaired) electrons. The number of ketones is 1. The first-order chi connectivity index (χ1) is 16.3. The van der Waals surface area contributed by atoms with Crippen molar-refractivity contribution in [3.05, 3.63) is 87.0 Å². The van der Waals surface area contributed by atoms with Gasteiger partial charge in [-0.2, -0.15) is 0 Å². The zero-order valence-corrected chi connectivity index (χ0v) is 19.7. The van der Waals surface area contributed by atoms with E-state index in [1.165, 1.54) is 11.3 Å². The third kappa shape index (κ3) is 2.48. The first kappa shape index (κ1) is 21.1. The van der Waals surface area contributed by atoms with Crippen LogP contribution in [-0.4, -0.2) is 22.6 Å². The van der Waals surface area contributed by atoms with E-state index in [1.807, 2.05) is 50.2 Å². The number of ether oxygens (including phenoxy) is 1. The summed E-state index contributed by atoms with van der Waals surface area (Å²) in [6.07, 6.45) is 3.67. The van der Waals surface area contributed by atoms with Crippen LogP contribution in [0.4, 0.5) is 0 Å². The van der Waals surface area contributed by atoms with Crippen LogP contribution in [0, 0.1) is 6.92 Å². The highest BCUT2D eigenvalue weighted by molar-refractivity contribution is 7.21. The highest BCUT2D eigenvalue weighted by Crippen LogP contribution is 2.59. The number of fused-ring (bicyclic) bond motifs is 6. The second-order valence-electron chi connectivity index (χ2n) is 9.07. The van der Waals surface area contributed by atoms with Gasteiger partial charge in [-0.3, -0.25) is 9.59 Å². The Kier molecular flexibility index (Phi) is 4.38. The van der Waals surface area contributed by atoms with E-state index in [1.54, 1.807) is 12.1 Å². The Balaban J connectivity index is 1.56.